The Morgan fingerprint density at radius 3 is 2.41 bits per heavy atom. The molecular formula is C27H35FN2O2. The van der Waals surface area contributed by atoms with Crippen LogP contribution in [0.5, 0.6) is 5.75 Å². The van der Waals surface area contributed by atoms with E-state index in [-0.39, 0.29) is 17.3 Å². The molecule has 0 aromatic heterocycles. The molecule has 3 aliphatic rings. The average molecular weight is 439 g/mol. The number of benzene rings is 2. The van der Waals surface area contributed by atoms with Crippen molar-refractivity contribution in [2.24, 2.45) is 5.41 Å². The fourth-order valence-corrected chi connectivity index (χ4v) is 6.62. The monoisotopic (exact) mass is 438 g/mol. The van der Waals surface area contributed by atoms with Crippen LogP contribution in [-0.4, -0.2) is 49.3 Å². The Morgan fingerprint density at radius 1 is 1.00 bits per heavy atom. The Balaban J connectivity index is 1.33. The molecule has 1 saturated carbocycles. The van der Waals surface area contributed by atoms with Gasteiger partial charge in [0.25, 0.3) is 0 Å². The molecule has 2 saturated heterocycles. The summed E-state index contributed by atoms with van der Waals surface area (Å²) in [7, 11) is 1.67. The first-order valence-corrected chi connectivity index (χ1v) is 12.1. The Labute approximate surface area is 190 Å². The number of nitrogens with one attached hydrogen (secondary N) is 1. The van der Waals surface area contributed by atoms with E-state index in [0.29, 0.717) is 5.92 Å². The molecule has 1 aliphatic carbocycles. The van der Waals surface area contributed by atoms with Gasteiger partial charge in [-0.05, 0) is 79.6 Å². The average Bonchev–Trinajstić information content (AvgIpc) is 3.23. The largest absolute Gasteiger partial charge is 0.497 e. The fourth-order valence-electron chi connectivity index (χ4n) is 6.62. The zero-order chi connectivity index (χ0) is 22.2. The Bertz CT molecular complexity index is 908. The van der Waals surface area contributed by atoms with Gasteiger partial charge in [0, 0.05) is 25.0 Å². The summed E-state index contributed by atoms with van der Waals surface area (Å²) in [6.45, 7) is 3.99. The number of ether oxygens (including phenoxy) is 1. The molecule has 2 aliphatic heterocycles. The summed E-state index contributed by atoms with van der Waals surface area (Å²) in [5, 5.41) is 15.5. The Morgan fingerprint density at radius 2 is 1.72 bits per heavy atom. The normalized spacial score (nSPS) is 30.5. The number of rotatable bonds is 4. The van der Waals surface area contributed by atoms with Gasteiger partial charge in [-0.1, -0.05) is 37.1 Å². The molecule has 0 bridgehead atoms. The molecule has 3 fully saturated rings. The van der Waals surface area contributed by atoms with E-state index in [2.05, 4.69) is 10.2 Å². The van der Waals surface area contributed by atoms with E-state index >= 15 is 0 Å². The van der Waals surface area contributed by atoms with E-state index in [9.17, 15) is 9.50 Å². The van der Waals surface area contributed by atoms with Crippen LogP contribution in [0.25, 0.3) is 0 Å². The van der Waals surface area contributed by atoms with Crippen molar-refractivity contribution in [3.63, 3.8) is 0 Å². The third-order valence-electron chi connectivity index (χ3n) is 8.50. The second-order valence-electron chi connectivity index (χ2n) is 10.0. The van der Waals surface area contributed by atoms with Crippen LogP contribution < -0.4 is 10.1 Å². The second kappa shape index (κ2) is 8.77. The van der Waals surface area contributed by atoms with Crippen LogP contribution in [0.4, 0.5) is 4.39 Å². The van der Waals surface area contributed by atoms with E-state index in [0.717, 1.165) is 69.6 Å². The topological polar surface area (TPSA) is 44.7 Å². The number of aliphatic hydroxyl groups is 1. The number of piperidine rings is 1. The standard InChI is InChI=1S/C27H35FN2O2/c1-32-23-11-7-21(8-12-23)27(31)13-3-2-4-25(27)30-16-14-26(15-17-30)19-29-18-24(26)20-5-9-22(28)10-6-20/h5-12,24-25,29,31H,2-4,13-19H2,1H3. The molecule has 1 spiro atoms. The molecule has 3 unspecified atom stereocenters. The fraction of sp³-hybridized carbons (Fsp3) is 0.556. The van der Waals surface area contributed by atoms with Crippen molar-refractivity contribution in [1.29, 1.82) is 0 Å². The van der Waals surface area contributed by atoms with Crippen molar-refractivity contribution in [3.05, 3.63) is 65.5 Å². The summed E-state index contributed by atoms with van der Waals surface area (Å²) < 4.78 is 18.8. The lowest BCUT2D eigenvalue weighted by molar-refractivity contribution is -0.0930. The highest BCUT2D eigenvalue weighted by Gasteiger charge is 2.49. The van der Waals surface area contributed by atoms with Crippen LogP contribution >= 0.6 is 0 Å². The molecule has 2 heterocycles. The van der Waals surface area contributed by atoms with Gasteiger partial charge in [-0.25, -0.2) is 4.39 Å². The maximum Gasteiger partial charge on any atom is 0.123 e. The molecule has 2 aromatic rings. The van der Waals surface area contributed by atoms with Crippen LogP contribution in [0.3, 0.4) is 0 Å². The van der Waals surface area contributed by atoms with E-state index < -0.39 is 5.60 Å². The minimum Gasteiger partial charge on any atom is -0.497 e. The van der Waals surface area contributed by atoms with Gasteiger partial charge in [0.15, 0.2) is 0 Å². The van der Waals surface area contributed by atoms with Crippen LogP contribution in [0.1, 0.15) is 55.6 Å². The van der Waals surface area contributed by atoms with Gasteiger partial charge in [0.2, 0.25) is 0 Å². The predicted octanol–water partition coefficient (Wildman–Crippen LogP) is 4.43. The van der Waals surface area contributed by atoms with Gasteiger partial charge in [0.1, 0.15) is 17.2 Å². The Kier molecular flexibility index (Phi) is 5.99. The predicted molar refractivity (Wildman–Crippen MR) is 124 cm³/mol. The third-order valence-corrected chi connectivity index (χ3v) is 8.50. The number of hydrogen-bond acceptors (Lipinski definition) is 4. The summed E-state index contributed by atoms with van der Waals surface area (Å²) in [5.74, 6) is 1.08. The third kappa shape index (κ3) is 3.85. The highest BCUT2D eigenvalue weighted by molar-refractivity contribution is 5.33. The molecule has 5 rings (SSSR count). The summed E-state index contributed by atoms with van der Waals surface area (Å²) in [6, 6.07) is 15.3. The first-order chi connectivity index (χ1) is 15.5. The van der Waals surface area contributed by atoms with Crippen LogP contribution in [0.2, 0.25) is 0 Å². The number of methoxy groups -OCH3 is 1. The molecule has 2 N–H and O–H groups in total. The van der Waals surface area contributed by atoms with Gasteiger partial charge in [-0.3, -0.25) is 4.90 Å². The smallest absolute Gasteiger partial charge is 0.123 e. The molecule has 0 radical (unpaired) electrons. The Hall–Kier alpha value is -1.95. The number of nitrogens with zero attached hydrogens (tertiary/aromatic N) is 1. The van der Waals surface area contributed by atoms with Crippen molar-refractivity contribution < 1.29 is 14.2 Å². The number of halogens is 1. The summed E-state index contributed by atoms with van der Waals surface area (Å²) in [5.41, 5.74) is 1.67. The first-order valence-electron chi connectivity index (χ1n) is 12.1. The quantitative estimate of drug-likeness (QED) is 0.741. The van der Waals surface area contributed by atoms with Gasteiger partial charge in [-0.15, -0.1) is 0 Å². The van der Waals surface area contributed by atoms with E-state index in [1.807, 2.05) is 36.4 Å². The number of likely N-dealkylation sites (tertiary alicyclic amines) is 1. The van der Waals surface area contributed by atoms with Gasteiger partial charge < -0.3 is 15.2 Å². The molecule has 5 heteroatoms. The second-order valence-corrected chi connectivity index (χ2v) is 10.0. The first kappa shape index (κ1) is 21.9. The maximum atomic E-state index is 13.5. The summed E-state index contributed by atoms with van der Waals surface area (Å²) in [6.07, 6.45) is 6.30. The maximum absolute atomic E-state index is 13.5. The zero-order valence-electron chi connectivity index (χ0n) is 19.0. The highest BCUT2D eigenvalue weighted by Crippen LogP contribution is 2.49. The lowest BCUT2D eigenvalue weighted by Gasteiger charge is -2.51. The lowest BCUT2D eigenvalue weighted by atomic mass is 9.67. The molecule has 0 amide bonds. The lowest BCUT2D eigenvalue weighted by Crippen LogP contribution is -2.56. The highest BCUT2D eigenvalue weighted by atomic mass is 19.1. The van der Waals surface area contributed by atoms with Crippen molar-refractivity contribution >= 4 is 0 Å². The van der Waals surface area contributed by atoms with Gasteiger partial charge in [-0.2, -0.15) is 0 Å². The minimum atomic E-state index is -0.806. The van der Waals surface area contributed by atoms with E-state index in [1.165, 1.54) is 12.0 Å². The summed E-state index contributed by atoms with van der Waals surface area (Å²) >= 11 is 0. The zero-order valence-corrected chi connectivity index (χ0v) is 19.0. The van der Waals surface area contributed by atoms with Crippen LogP contribution in [-0.2, 0) is 5.60 Å². The van der Waals surface area contributed by atoms with E-state index in [1.54, 1.807) is 19.2 Å². The van der Waals surface area contributed by atoms with Gasteiger partial charge >= 0.3 is 0 Å². The molecule has 32 heavy (non-hydrogen) atoms. The molecular weight excluding hydrogens is 403 g/mol. The molecule has 2 aromatic carbocycles. The number of hydrogen-bond donors (Lipinski definition) is 2. The van der Waals surface area contributed by atoms with Crippen LogP contribution in [0.15, 0.2) is 48.5 Å². The van der Waals surface area contributed by atoms with Crippen molar-refractivity contribution in [1.82, 2.24) is 10.2 Å². The van der Waals surface area contributed by atoms with Crippen molar-refractivity contribution in [2.45, 2.75) is 56.1 Å². The van der Waals surface area contributed by atoms with Crippen LogP contribution in [0, 0.1) is 11.2 Å². The van der Waals surface area contributed by atoms with Crippen molar-refractivity contribution in [3.8, 4) is 5.75 Å². The minimum absolute atomic E-state index is 0.153. The molecule has 3 atom stereocenters. The molecule has 172 valence electrons. The van der Waals surface area contributed by atoms with E-state index in [4.69, 9.17) is 4.74 Å². The SMILES string of the molecule is COc1ccc(C2(O)CCCCC2N2CCC3(CC2)CNCC3c2ccc(F)cc2)cc1. The summed E-state index contributed by atoms with van der Waals surface area (Å²) in [4.78, 5) is 2.55. The molecule has 4 nitrogen and oxygen atoms in total. The van der Waals surface area contributed by atoms with Crippen molar-refractivity contribution in [2.75, 3.05) is 33.3 Å². The van der Waals surface area contributed by atoms with Gasteiger partial charge in [0.05, 0.1) is 7.11 Å².